The number of fused-ring (bicyclic) bond motifs is 1. The summed E-state index contributed by atoms with van der Waals surface area (Å²) in [5.41, 5.74) is 1.77. The van der Waals surface area contributed by atoms with E-state index in [9.17, 15) is 4.79 Å². The van der Waals surface area contributed by atoms with Crippen LogP contribution in [0.4, 0.5) is 0 Å². The molecule has 0 aliphatic carbocycles. The zero-order chi connectivity index (χ0) is 13.9. The van der Waals surface area contributed by atoms with Crippen LogP contribution in [0.1, 0.15) is 12.1 Å². The van der Waals surface area contributed by atoms with Gasteiger partial charge < -0.3 is 10.1 Å². The fourth-order valence-electron chi connectivity index (χ4n) is 2.64. The molecule has 104 valence electrons. The first-order valence-corrected chi connectivity index (χ1v) is 6.90. The van der Waals surface area contributed by atoms with Gasteiger partial charge in [-0.1, -0.05) is 24.3 Å². The van der Waals surface area contributed by atoms with Crippen molar-refractivity contribution in [2.45, 2.75) is 25.0 Å². The minimum atomic E-state index is -0.103. The van der Waals surface area contributed by atoms with Gasteiger partial charge in [-0.15, -0.1) is 0 Å². The van der Waals surface area contributed by atoms with Gasteiger partial charge in [-0.05, 0) is 18.6 Å². The van der Waals surface area contributed by atoms with Gasteiger partial charge in [-0.2, -0.15) is 0 Å². The van der Waals surface area contributed by atoms with Crippen molar-refractivity contribution in [3.8, 4) is 0 Å². The number of para-hydroxylation sites is 1. The Morgan fingerprint density at radius 2 is 2.20 bits per heavy atom. The average Bonchev–Trinajstić information content (AvgIpc) is 2.96. The number of nitrogens with zero attached hydrogens (tertiary/aromatic N) is 1. The predicted molar refractivity (Wildman–Crippen MR) is 77.7 cm³/mol. The van der Waals surface area contributed by atoms with Crippen molar-refractivity contribution in [3.05, 3.63) is 42.1 Å². The lowest BCUT2D eigenvalue weighted by atomic mass is 10.0. The molecule has 3 rings (SSSR count). The molecule has 1 N–H and O–H groups in total. The molecule has 4 nitrogen and oxygen atoms in total. The fourth-order valence-corrected chi connectivity index (χ4v) is 2.64. The maximum Gasteiger partial charge on any atom is 0.155 e. The lowest BCUT2D eigenvalue weighted by Crippen LogP contribution is -2.32. The number of methoxy groups -OCH3 is 1. The van der Waals surface area contributed by atoms with Gasteiger partial charge in [0.25, 0.3) is 0 Å². The third-order valence-electron chi connectivity index (χ3n) is 3.82. The zero-order valence-corrected chi connectivity index (χ0v) is 11.5. The van der Waals surface area contributed by atoms with Crippen LogP contribution in [-0.2, 0) is 16.0 Å². The van der Waals surface area contributed by atoms with Crippen molar-refractivity contribution in [3.63, 3.8) is 0 Å². The third kappa shape index (κ3) is 2.71. The van der Waals surface area contributed by atoms with E-state index in [2.05, 4.69) is 10.3 Å². The lowest BCUT2D eigenvalue weighted by molar-refractivity contribution is -0.120. The summed E-state index contributed by atoms with van der Waals surface area (Å²) in [6.07, 6.45) is 1.27. The quantitative estimate of drug-likeness (QED) is 0.919. The summed E-state index contributed by atoms with van der Waals surface area (Å²) in [7, 11) is 1.68. The second-order valence-electron chi connectivity index (χ2n) is 5.19. The van der Waals surface area contributed by atoms with Crippen molar-refractivity contribution in [1.82, 2.24) is 10.3 Å². The summed E-state index contributed by atoms with van der Waals surface area (Å²) in [5, 5.41) is 4.31. The molecule has 1 aliphatic heterocycles. The van der Waals surface area contributed by atoms with E-state index < -0.39 is 0 Å². The second-order valence-corrected chi connectivity index (χ2v) is 5.19. The standard InChI is InChI=1S/C16H18N2O2/c1-20-13-9-15(17-10-13)16(19)8-12-7-6-11-4-2-3-5-14(11)18-12/h2-7,13,15,17H,8-10H2,1H3. The number of hydrogen-bond donors (Lipinski definition) is 1. The van der Waals surface area contributed by atoms with Crippen molar-refractivity contribution in [2.75, 3.05) is 13.7 Å². The Kier molecular flexibility index (Phi) is 3.76. The number of pyridine rings is 1. The van der Waals surface area contributed by atoms with E-state index >= 15 is 0 Å². The Morgan fingerprint density at radius 3 is 3.00 bits per heavy atom. The molecule has 0 amide bonds. The van der Waals surface area contributed by atoms with Gasteiger partial charge in [-0.3, -0.25) is 9.78 Å². The monoisotopic (exact) mass is 270 g/mol. The normalized spacial score (nSPS) is 22.2. The van der Waals surface area contributed by atoms with Crippen molar-refractivity contribution >= 4 is 16.7 Å². The number of aromatic nitrogens is 1. The lowest BCUT2D eigenvalue weighted by Gasteiger charge is -2.09. The average molecular weight is 270 g/mol. The van der Waals surface area contributed by atoms with Crippen LogP contribution in [0.5, 0.6) is 0 Å². The molecule has 2 atom stereocenters. The van der Waals surface area contributed by atoms with Gasteiger partial charge >= 0.3 is 0 Å². The van der Waals surface area contributed by atoms with E-state index in [-0.39, 0.29) is 17.9 Å². The molecule has 1 aromatic carbocycles. The van der Waals surface area contributed by atoms with Gasteiger partial charge in [0.1, 0.15) is 0 Å². The molecule has 1 saturated heterocycles. The van der Waals surface area contributed by atoms with Crippen molar-refractivity contribution < 1.29 is 9.53 Å². The number of carbonyl (C=O) groups excluding carboxylic acids is 1. The Bertz CT molecular complexity index is 627. The molecule has 2 heterocycles. The molecule has 0 spiro atoms. The van der Waals surface area contributed by atoms with Crippen molar-refractivity contribution in [1.29, 1.82) is 0 Å². The smallest absolute Gasteiger partial charge is 0.155 e. The van der Waals surface area contributed by atoms with Crippen LogP contribution in [-0.4, -0.2) is 36.6 Å². The van der Waals surface area contributed by atoms with E-state index in [0.29, 0.717) is 6.42 Å². The van der Waals surface area contributed by atoms with Crippen LogP contribution in [0.3, 0.4) is 0 Å². The SMILES string of the molecule is COC1CNC(C(=O)Cc2ccc3ccccc3n2)C1. The summed E-state index contributed by atoms with van der Waals surface area (Å²) in [6.45, 7) is 0.748. The summed E-state index contributed by atoms with van der Waals surface area (Å²) < 4.78 is 5.27. The number of hydrogen-bond acceptors (Lipinski definition) is 4. The van der Waals surface area contributed by atoms with Crippen LogP contribution in [0.25, 0.3) is 10.9 Å². The van der Waals surface area contributed by atoms with E-state index in [0.717, 1.165) is 29.6 Å². The highest BCUT2D eigenvalue weighted by Crippen LogP contribution is 2.15. The summed E-state index contributed by atoms with van der Waals surface area (Å²) >= 11 is 0. The second kappa shape index (κ2) is 5.69. The maximum atomic E-state index is 12.3. The Balaban J connectivity index is 1.71. The first-order chi connectivity index (χ1) is 9.76. The number of Topliss-reactive ketones (excluding diaryl/α,β-unsaturated/α-hetero) is 1. The highest BCUT2D eigenvalue weighted by molar-refractivity contribution is 5.87. The summed E-state index contributed by atoms with van der Waals surface area (Å²) in [5.74, 6) is 0.187. The molecule has 0 saturated carbocycles. The Hall–Kier alpha value is -1.78. The highest BCUT2D eigenvalue weighted by Gasteiger charge is 2.29. The van der Waals surface area contributed by atoms with Crippen LogP contribution in [0, 0.1) is 0 Å². The number of benzene rings is 1. The number of rotatable bonds is 4. The van der Waals surface area contributed by atoms with E-state index in [1.165, 1.54) is 0 Å². The van der Waals surface area contributed by atoms with Gasteiger partial charge in [0.2, 0.25) is 0 Å². The third-order valence-corrected chi connectivity index (χ3v) is 3.82. The molecule has 2 unspecified atom stereocenters. The van der Waals surface area contributed by atoms with E-state index in [4.69, 9.17) is 4.74 Å². The minimum Gasteiger partial charge on any atom is -0.380 e. The van der Waals surface area contributed by atoms with Crippen LogP contribution in [0.15, 0.2) is 36.4 Å². The number of ketones is 1. The topological polar surface area (TPSA) is 51.2 Å². The Labute approximate surface area is 118 Å². The first kappa shape index (κ1) is 13.2. The van der Waals surface area contributed by atoms with Gasteiger partial charge in [-0.25, -0.2) is 0 Å². The molecule has 0 bridgehead atoms. The molecular weight excluding hydrogens is 252 g/mol. The summed E-state index contributed by atoms with van der Waals surface area (Å²) in [4.78, 5) is 16.8. The molecule has 20 heavy (non-hydrogen) atoms. The largest absolute Gasteiger partial charge is 0.380 e. The van der Waals surface area contributed by atoms with Crippen LogP contribution >= 0.6 is 0 Å². The van der Waals surface area contributed by atoms with Crippen molar-refractivity contribution in [2.24, 2.45) is 0 Å². The van der Waals surface area contributed by atoms with Crippen LogP contribution in [0.2, 0.25) is 0 Å². The van der Waals surface area contributed by atoms with E-state index in [1.54, 1.807) is 7.11 Å². The molecule has 1 aliphatic rings. The number of carbonyl (C=O) groups is 1. The maximum absolute atomic E-state index is 12.3. The number of nitrogens with one attached hydrogen (secondary N) is 1. The van der Waals surface area contributed by atoms with Gasteiger partial charge in [0.05, 0.1) is 24.1 Å². The first-order valence-electron chi connectivity index (χ1n) is 6.90. The zero-order valence-electron chi connectivity index (χ0n) is 11.5. The van der Waals surface area contributed by atoms with Gasteiger partial charge in [0, 0.05) is 24.7 Å². The molecule has 1 fully saturated rings. The van der Waals surface area contributed by atoms with Gasteiger partial charge in [0.15, 0.2) is 5.78 Å². The molecule has 4 heteroatoms. The molecule has 1 aromatic heterocycles. The fraction of sp³-hybridized carbons (Fsp3) is 0.375. The minimum absolute atomic E-state index is 0.103. The number of ether oxygens (including phenoxy) is 1. The summed E-state index contributed by atoms with van der Waals surface area (Å²) in [6, 6.07) is 11.8. The molecule has 2 aromatic rings. The van der Waals surface area contributed by atoms with E-state index in [1.807, 2.05) is 36.4 Å². The molecule has 0 radical (unpaired) electrons. The highest BCUT2D eigenvalue weighted by atomic mass is 16.5. The predicted octanol–water partition coefficient (Wildman–Crippen LogP) is 1.72. The van der Waals surface area contributed by atoms with Crippen LogP contribution < -0.4 is 5.32 Å². The Morgan fingerprint density at radius 1 is 1.35 bits per heavy atom. The molecular formula is C16H18N2O2.